The number of Topliss-reactive ketones (excluding diaryl/α,β-unsaturated/α-hetero) is 1. The molecule has 0 spiro atoms. The van der Waals surface area contributed by atoms with E-state index in [1.807, 2.05) is 0 Å². The number of nitrogens with one attached hydrogen (secondary N) is 1. The third-order valence-corrected chi connectivity index (χ3v) is 4.34. The van der Waals surface area contributed by atoms with E-state index in [0.29, 0.717) is 12.1 Å². The van der Waals surface area contributed by atoms with Gasteiger partial charge in [0, 0.05) is 5.69 Å². The highest BCUT2D eigenvalue weighted by molar-refractivity contribution is 7.92. The Morgan fingerprint density at radius 1 is 1.08 bits per heavy atom. The van der Waals surface area contributed by atoms with E-state index in [9.17, 15) is 26.8 Å². The Labute approximate surface area is 142 Å². The van der Waals surface area contributed by atoms with Crippen molar-refractivity contribution < 1.29 is 31.5 Å². The van der Waals surface area contributed by atoms with Crippen LogP contribution in [0.2, 0.25) is 0 Å². The van der Waals surface area contributed by atoms with Gasteiger partial charge in [0.15, 0.2) is 17.4 Å². The lowest BCUT2D eigenvalue weighted by Gasteiger charge is -2.10. The molecule has 6 nitrogen and oxygen atoms in total. The lowest BCUT2D eigenvalue weighted by atomic mass is 10.2. The van der Waals surface area contributed by atoms with Gasteiger partial charge in [-0.25, -0.2) is 22.0 Å². The summed E-state index contributed by atoms with van der Waals surface area (Å²) in [5.41, 5.74) is 0.0359. The van der Waals surface area contributed by atoms with Crippen LogP contribution in [-0.2, 0) is 19.6 Å². The number of rotatable bonds is 6. The molecule has 0 bridgehead atoms. The zero-order chi connectivity index (χ0) is 18.6. The Hall–Kier alpha value is -2.81. The average molecular weight is 369 g/mol. The maximum atomic E-state index is 13.2. The van der Waals surface area contributed by atoms with E-state index in [1.54, 1.807) is 0 Å². The van der Waals surface area contributed by atoms with E-state index in [1.165, 1.54) is 31.2 Å². The van der Waals surface area contributed by atoms with Crippen LogP contribution < -0.4 is 4.72 Å². The minimum absolute atomic E-state index is 0.0157. The summed E-state index contributed by atoms with van der Waals surface area (Å²) < 4.78 is 57.4. The molecule has 0 aliphatic heterocycles. The predicted octanol–water partition coefficient (Wildman–Crippen LogP) is 2.51. The highest BCUT2D eigenvalue weighted by atomic mass is 32.2. The molecule has 0 fully saturated rings. The topological polar surface area (TPSA) is 89.5 Å². The first-order chi connectivity index (χ1) is 11.7. The van der Waals surface area contributed by atoms with Crippen molar-refractivity contribution in [2.45, 2.75) is 11.8 Å². The van der Waals surface area contributed by atoms with Gasteiger partial charge >= 0.3 is 5.97 Å². The number of halogens is 2. The Kier molecular flexibility index (Phi) is 5.48. The van der Waals surface area contributed by atoms with Crippen molar-refractivity contribution in [1.29, 1.82) is 0 Å². The van der Waals surface area contributed by atoms with Gasteiger partial charge in [0.25, 0.3) is 10.0 Å². The van der Waals surface area contributed by atoms with Crippen LogP contribution in [0.5, 0.6) is 0 Å². The van der Waals surface area contributed by atoms with E-state index < -0.39 is 39.1 Å². The summed E-state index contributed by atoms with van der Waals surface area (Å²) in [5, 5.41) is 0. The Balaban J connectivity index is 2.22. The van der Waals surface area contributed by atoms with Gasteiger partial charge in [0.05, 0.1) is 10.5 Å². The fraction of sp³-hybridized carbons (Fsp3) is 0.125. The Morgan fingerprint density at radius 2 is 1.80 bits per heavy atom. The van der Waals surface area contributed by atoms with Crippen LogP contribution >= 0.6 is 0 Å². The van der Waals surface area contributed by atoms with E-state index in [0.717, 1.165) is 6.07 Å². The fourth-order valence-electron chi connectivity index (χ4n) is 1.82. The largest absolute Gasteiger partial charge is 0.454 e. The summed E-state index contributed by atoms with van der Waals surface area (Å²) in [6.45, 7) is 0.850. The molecule has 132 valence electrons. The lowest BCUT2D eigenvalue weighted by Crippen LogP contribution is -2.15. The first kappa shape index (κ1) is 18.5. The normalized spacial score (nSPS) is 11.0. The third-order valence-electron chi connectivity index (χ3n) is 2.96. The van der Waals surface area contributed by atoms with Crippen molar-refractivity contribution in [3.8, 4) is 0 Å². The number of benzene rings is 2. The predicted molar refractivity (Wildman–Crippen MR) is 84.6 cm³/mol. The molecule has 0 unspecified atom stereocenters. The number of hydrogen-bond donors (Lipinski definition) is 1. The summed E-state index contributed by atoms with van der Waals surface area (Å²) in [6.07, 6.45) is 0. The van der Waals surface area contributed by atoms with Gasteiger partial charge in [-0.05, 0) is 43.3 Å². The van der Waals surface area contributed by atoms with Crippen LogP contribution in [0.1, 0.15) is 17.3 Å². The number of hydrogen-bond acceptors (Lipinski definition) is 5. The Morgan fingerprint density at radius 3 is 2.44 bits per heavy atom. The molecule has 0 amide bonds. The minimum Gasteiger partial charge on any atom is -0.454 e. The maximum Gasteiger partial charge on any atom is 0.338 e. The Bertz CT molecular complexity index is 928. The molecule has 0 aliphatic carbocycles. The molecule has 2 aromatic rings. The van der Waals surface area contributed by atoms with Crippen LogP contribution in [0.3, 0.4) is 0 Å². The molecule has 0 atom stereocenters. The molecule has 0 saturated heterocycles. The van der Waals surface area contributed by atoms with Gasteiger partial charge in [-0.15, -0.1) is 0 Å². The third kappa shape index (κ3) is 4.83. The van der Waals surface area contributed by atoms with Crippen molar-refractivity contribution in [2.75, 3.05) is 11.3 Å². The molecule has 0 radical (unpaired) electrons. The molecule has 2 aromatic carbocycles. The van der Waals surface area contributed by atoms with Gasteiger partial charge in [-0.3, -0.25) is 9.52 Å². The second-order valence-electron chi connectivity index (χ2n) is 5.04. The zero-order valence-corrected chi connectivity index (χ0v) is 13.8. The molecule has 1 N–H and O–H groups in total. The highest BCUT2D eigenvalue weighted by Gasteiger charge is 2.17. The first-order valence-corrected chi connectivity index (χ1v) is 8.42. The number of ether oxygens (including phenoxy) is 1. The van der Waals surface area contributed by atoms with E-state index in [4.69, 9.17) is 4.74 Å². The van der Waals surface area contributed by atoms with Crippen molar-refractivity contribution in [3.63, 3.8) is 0 Å². The van der Waals surface area contributed by atoms with E-state index in [2.05, 4.69) is 4.72 Å². The van der Waals surface area contributed by atoms with Crippen LogP contribution in [0.15, 0.2) is 47.4 Å². The molecular weight excluding hydrogens is 356 g/mol. The summed E-state index contributed by atoms with van der Waals surface area (Å²) in [7, 11) is -4.18. The van der Waals surface area contributed by atoms with Gasteiger partial charge in [-0.2, -0.15) is 0 Å². The SMILES string of the molecule is CC(=O)COC(=O)c1cccc(NS(=O)(=O)c2ccc(F)c(F)c2)c1. The number of ketones is 1. The highest BCUT2D eigenvalue weighted by Crippen LogP contribution is 2.19. The fourth-order valence-corrected chi connectivity index (χ4v) is 2.88. The summed E-state index contributed by atoms with van der Waals surface area (Å²) in [6, 6.07) is 7.47. The number of sulfonamides is 1. The quantitative estimate of drug-likeness (QED) is 0.791. The molecule has 0 saturated carbocycles. The second kappa shape index (κ2) is 7.39. The van der Waals surface area contributed by atoms with Gasteiger partial charge < -0.3 is 4.74 Å². The minimum atomic E-state index is -4.18. The van der Waals surface area contributed by atoms with Gasteiger partial charge in [0.2, 0.25) is 0 Å². The summed E-state index contributed by atoms with van der Waals surface area (Å²) in [4.78, 5) is 22.1. The van der Waals surface area contributed by atoms with Crippen LogP contribution in [-0.4, -0.2) is 26.8 Å². The maximum absolute atomic E-state index is 13.2. The van der Waals surface area contributed by atoms with Crippen LogP contribution in [0.4, 0.5) is 14.5 Å². The van der Waals surface area contributed by atoms with Gasteiger partial charge in [0.1, 0.15) is 6.61 Å². The van der Waals surface area contributed by atoms with Crippen molar-refractivity contribution >= 4 is 27.5 Å². The standard InChI is InChI=1S/C16H13F2NO5S/c1-10(20)9-24-16(21)11-3-2-4-12(7-11)19-25(22,23)13-5-6-14(17)15(18)8-13/h2-8,19H,9H2,1H3. The zero-order valence-electron chi connectivity index (χ0n) is 13.0. The molecular formula is C16H13F2NO5S. The summed E-state index contributed by atoms with van der Waals surface area (Å²) in [5.74, 6) is -3.62. The van der Waals surface area contributed by atoms with Crippen molar-refractivity contribution in [2.24, 2.45) is 0 Å². The molecule has 25 heavy (non-hydrogen) atoms. The van der Waals surface area contributed by atoms with Crippen molar-refractivity contribution in [1.82, 2.24) is 0 Å². The number of anilines is 1. The van der Waals surface area contributed by atoms with E-state index in [-0.39, 0.29) is 17.0 Å². The molecule has 0 aliphatic rings. The van der Waals surface area contributed by atoms with Crippen LogP contribution in [0, 0.1) is 11.6 Å². The van der Waals surface area contributed by atoms with Crippen molar-refractivity contribution in [3.05, 3.63) is 59.7 Å². The number of esters is 1. The van der Waals surface area contributed by atoms with Crippen LogP contribution in [0.25, 0.3) is 0 Å². The first-order valence-electron chi connectivity index (χ1n) is 6.93. The average Bonchev–Trinajstić information content (AvgIpc) is 2.54. The number of carbonyl (C=O) groups is 2. The monoisotopic (exact) mass is 369 g/mol. The lowest BCUT2D eigenvalue weighted by molar-refractivity contribution is -0.120. The van der Waals surface area contributed by atoms with Gasteiger partial charge in [-0.1, -0.05) is 6.07 Å². The molecule has 0 heterocycles. The summed E-state index contributed by atoms with van der Waals surface area (Å²) >= 11 is 0. The van der Waals surface area contributed by atoms with E-state index >= 15 is 0 Å². The smallest absolute Gasteiger partial charge is 0.338 e. The molecule has 2 rings (SSSR count). The molecule has 9 heteroatoms. The number of carbonyl (C=O) groups excluding carboxylic acids is 2. The second-order valence-corrected chi connectivity index (χ2v) is 6.72. The molecule has 0 aromatic heterocycles.